The lowest BCUT2D eigenvalue weighted by atomic mass is 10.0. The molecule has 2 N–H and O–H groups in total. The standard InChI is InChI=1S/C27H23F3N2O3/c28-21-2-1-3-22(15-21)34-24-14-19(12-20-13-23(16-31)35-25(20)24)17-4-6-18(7-5-17)26(33)32-10-8-27(29,30)9-11-32/h1-7,12-15H,8-11,16,31H2. The maximum absolute atomic E-state index is 13.7. The smallest absolute Gasteiger partial charge is 0.253 e. The molecular weight excluding hydrogens is 457 g/mol. The van der Waals surface area contributed by atoms with E-state index in [1.807, 2.05) is 12.1 Å². The molecule has 8 heteroatoms. The third-order valence-corrected chi connectivity index (χ3v) is 6.11. The fraction of sp³-hybridized carbons (Fsp3) is 0.222. The maximum atomic E-state index is 13.7. The lowest BCUT2D eigenvalue weighted by Crippen LogP contribution is -2.42. The zero-order chi connectivity index (χ0) is 24.6. The Bertz CT molecular complexity index is 1370. The summed E-state index contributed by atoms with van der Waals surface area (Å²) in [7, 11) is 0. The summed E-state index contributed by atoms with van der Waals surface area (Å²) in [6.07, 6.45) is -0.638. The van der Waals surface area contributed by atoms with Gasteiger partial charge in [0.15, 0.2) is 11.3 Å². The van der Waals surface area contributed by atoms with Crippen LogP contribution in [-0.2, 0) is 6.54 Å². The van der Waals surface area contributed by atoms with E-state index in [-0.39, 0.29) is 38.4 Å². The number of fused-ring (bicyclic) bond motifs is 1. The van der Waals surface area contributed by atoms with Gasteiger partial charge in [0.05, 0.1) is 6.54 Å². The van der Waals surface area contributed by atoms with E-state index >= 15 is 0 Å². The molecule has 0 atom stereocenters. The van der Waals surface area contributed by atoms with Gasteiger partial charge in [-0.2, -0.15) is 0 Å². The number of amides is 1. The average Bonchev–Trinajstić information content (AvgIpc) is 3.28. The number of hydrogen-bond acceptors (Lipinski definition) is 4. The second kappa shape index (κ2) is 9.11. The van der Waals surface area contributed by atoms with E-state index in [1.54, 1.807) is 42.5 Å². The number of furan rings is 1. The predicted molar refractivity (Wildman–Crippen MR) is 126 cm³/mol. The first kappa shape index (κ1) is 23.0. The molecule has 1 saturated heterocycles. The van der Waals surface area contributed by atoms with Crippen molar-refractivity contribution < 1.29 is 27.1 Å². The van der Waals surface area contributed by atoms with Gasteiger partial charge in [-0.15, -0.1) is 0 Å². The highest BCUT2D eigenvalue weighted by Gasteiger charge is 2.35. The van der Waals surface area contributed by atoms with Gasteiger partial charge in [-0.3, -0.25) is 4.79 Å². The molecule has 1 aliphatic heterocycles. The van der Waals surface area contributed by atoms with Crippen molar-refractivity contribution in [1.29, 1.82) is 0 Å². The van der Waals surface area contributed by atoms with E-state index < -0.39 is 11.7 Å². The normalized spacial score (nSPS) is 15.4. The third-order valence-electron chi connectivity index (χ3n) is 6.11. The Hall–Kier alpha value is -3.78. The number of ether oxygens (including phenoxy) is 1. The van der Waals surface area contributed by atoms with Crippen LogP contribution in [-0.4, -0.2) is 29.8 Å². The van der Waals surface area contributed by atoms with Crippen LogP contribution in [0.1, 0.15) is 29.0 Å². The van der Waals surface area contributed by atoms with E-state index in [0.29, 0.717) is 28.4 Å². The molecule has 4 aromatic rings. The lowest BCUT2D eigenvalue weighted by molar-refractivity contribution is -0.0494. The number of alkyl halides is 2. The van der Waals surface area contributed by atoms with Crippen molar-refractivity contribution in [3.05, 3.63) is 83.9 Å². The van der Waals surface area contributed by atoms with Crippen LogP contribution in [0.5, 0.6) is 11.5 Å². The number of carbonyl (C=O) groups is 1. The number of hydrogen-bond donors (Lipinski definition) is 1. The Kier molecular flexibility index (Phi) is 5.98. The van der Waals surface area contributed by atoms with Crippen molar-refractivity contribution in [2.45, 2.75) is 25.3 Å². The minimum Gasteiger partial charge on any atom is -0.456 e. The molecule has 0 radical (unpaired) electrons. The largest absolute Gasteiger partial charge is 0.456 e. The number of nitrogens with two attached hydrogens (primary N) is 1. The second-order valence-corrected chi connectivity index (χ2v) is 8.59. The summed E-state index contributed by atoms with van der Waals surface area (Å²) in [5.74, 6) is -2.09. The second-order valence-electron chi connectivity index (χ2n) is 8.59. The fourth-order valence-corrected chi connectivity index (χ4v) is 4.20. The molecule has 1 fully saturated rings. The van der Waals surface area contributed by atoms with E-state index in [4.69, 9.17) is 14.9 Å². The van der Waals surface area contributed by atoms with Crippen molar-refractivity contribution >= 4 is 16.9 Å². The van der Waals surface area contributed by atoms with E-state index in [1.165, 1.54) is 17.0 Å². The summed E-state index contributed by atoms with van der Waals surface area (Å²) in [6, 6.07) is 18.3. The predicted octanol–water partition coefficient (Wildman–Crippen LogP) is 6.36. The summed E-state index contributed by atoms with van der Waals surface area (Å²) < 4.78 is 52.3. The number of benzene rings is 3. The molecule has 1 aromatic heterocycles. The van der Waals surface area contributed by atoms with Gasteiger partial charge in [0.1, 0.15) is 17.3 Å². The minimum atomic E-state index is -2.71. The number of halogens is 3. The molecule has 0 spiro atoms. The number of piperidine rings is 1. The van der Waals surface area contributed by atoms with Crippen LogP contribution in [0.25, 0.3) is 22.1 Å². The minimum absolute atomic E-state index is 0.0367. The number of nitrogens with zero attached hydrogens (tertiary/aromatic N) is 1. The molecule has 180 valence electrons. The molecule has 2 heterocycles. The van der Waals surface area contributed by atoms with E-state index in [2.05, 4.69) is 0 Å². The monoisotopic (exact) mass is 480 g/mol. The molecular formula is C27H23F3N2O3. The summed E-state index contributed by atoms with van der Waals surface area (Å²) in [5, 5.41) is 0.767. The Morgan fingerprint density at radius 2 is 1.74 bits per heavy atom. The summed E-state index contributed by atoms with van der Waals surface area (Å²) in [6.45, 7) is 0.284. The Labute approximate surface area is 199 Å². The topological polar surface area (TPSA) is 68.7 Å². The van der Waals surface area contributed by atoms with Crippen molar-refractivity contribution in [3.63, 3.8) is 0 Å². The fourth-order valence-electron chi connectivity index (χ4n) is 4.20. The van der Waals surface area contributed by atoms with Crippen molar-refractivity contribution in [3.8, 4) is 22.6 Å². The highest BCUT2D eigenvalue weighted by Crippen LogP contribution is 2.37. The number of rotatable bonds is 5. The molecule has 0 saturated carbocycles. The molecule has 0 aliphatic carbocycles. The maximum Gasteiger partial charge on any atom is 0.253 e. The Morgan fingerprint density at radius 1 is 1.00 bits per heavy atom. The Morgan fingerprint density at radius 3 is 2.43 bits per heavy atom. The highest BCUT2D eigenvalue weighted by molar-refractivity contribution is 5.95. The van der Waals surface area contributed by atoms with E-state index in [9.17, 15) is 18.0 Å². The van der Waals surface area contributed by atoms with Gasteiger partial charge in [-0.05, 0) is 53.6 Å². The van der Waals surface area contributed by atoms with Crippen LogP contribution in [0.4, 0.5) is 13.2 Å². The van der Waals surface area contributed by atoms with Crippen LogP contribution in [0.15, 0.2) is 71.1 Å². The van der Waals surface area contributed by atoms with Gasteiger partial charge >= 0.3 is 0 Å². The SMILES string of the molecule is NCc1cc2cc(-c3ccc(C(=O)N4CCC(F)(F)CC4)cc3)cc(Oc3cccc(F)c3)c2o1. The van der Waals surface area contributed by atoms with Crippen molar-refractivity contribution in [2.24, 2.45) is 5.73 Å². The van der Waals surface area contributed by atoms with Gasteiger partial charge in [0.2, 0.25) is 0 Å². The van der Waals surface area contributed by atoms with Gasteiger partial charge in [-0.1, -0.05) is 18.2 Å². The highest BCUT2D eigenvalue weighted by atomic mass is 19.3. The van der Waals surface area contributed by atoms with Gasteiger partial charge in [-0.25, -0.2) is 13.2 Å². The van der Waals surface area contributed by atoms with Crippen molar-refractivity contribution in [1.82, 2.24) is 4.90 Å². The quantitative estimate of drug-likeness (QED) is 0.361. The zero-order valence-corrected chi connectivity index (χ0v) is 18.8. The van der Waals surface area contributed by atoms with Crippen LogP contribution in [0.2, 0.25) is 0 Å². The van der Waals surface area contributed by atoms with Crippen molar-refractivity contribution in [2.75, 3.05) is 13.1 Å². The molecule has 0 bridgehead atoms. The summed E-state index contributed by atoms with van der Waals surface area (Å²) >= 11 is 0. The first-order valence-electron chi connectivity index (χ1n) is 11.3. The first-order chi connectivity index (χ1) is 16.8. The number of likely N-dealkylation sites (tertiary alicyclic amines) is 1. The molecule has 35 heavy (non-hydrogen) atoms. The van der Waals surface area contributed by atoms with E-state index in [0.717, 1.165) is 16.5 Å². The zero-order valence-electron chi connectivity index (χ0n) is 18.8. The molecule has 1 amide bonds. The van der Waals surface area contributed by atoms with Gasteiger partial charge < -0.3 is 19.8 Å². The average molecular weight is 480 g/mol. The van der Waals surface area contributed by atoms with Gasteiger partial charge in [0, 0.05) is 42.9 Å². The molecule has 0 unspecified atom stereocenters. The molecule has 5 nitrogen and oxygen atoms in total. The summed E-state index contributed by atoms with van der Waals surface area (Å²) in [4.78, 5) is 14.2. The molecule has 5 rings (SSSR count). The molecule has 1 aliphatic rings. The van der Waals surface area contributed by atoms with Crippen LogP contribution in [0, 0.1) is 5.82 Å². The third kappa shape index (κ3) is 4.88. The van der Waals surface area contributed by atoms with Crippen LogP contribution in [0.3, 0.4) is 0 Å². The number of carbonyl (C=O) groups excluding carboxylic acids is 1. The Balaban J connectivity index is 1.44. The lowest BCUT2D eigenvalue weighted by Gasteiger charge is -2.31. The van der Waals surface area contributed by atoms with Crippen LogP contribution < -0.4 is 10.5 Å². The molecule has 3 aromatic carbocycles. The van der Waals surface area contributed by atoms with Gasteiger partial charge in [0.25, 0.3) is 11.8 Å². The summed E-state index contributed by atoms with van der Waals surface area (Å²) in [5.41, 5.74) is 8.28. The first-order valence-corrected chi connectivity index (χ1v) is 11.3. The van der Waals surface area contributed by atoms with Crippen LogP contribution >= 0.6 is 0 Å².